The highest BCUT2D eigenvalue weighted by molar-refractivity contribution is 5.94. The number of nitrogens with zero attached hydrogens (tertiary/aromatic N) is 1. The van der Waals surface area contributed by atoms with E-state index < -0.39 is 18.0 Å². The summed E-state index contributed by atoms with van der Waals surface area (Å²) in [5, 5.41) is 12.0. The fourth-order valence-electron chi connectivity index (χ4n) is 2.68. The fourth-order valence-corrected chi connectivity index (χ4v) is 2.68. The lowest BCUT2D eigenvalue weighted by Crippen LogP contribution is -2.51. The van der Waals surface area contributed by atoms with Crippen molar-refractivity contribution in [2.75, 3.05) is 17.6 Å². The lowest BCUT2D eigenvalue weighted by atomic mass is 9.89. The fraction of sp³-hybridized carbons (Fsp3) is 0.467. The van der Waals surface area contributed by atoms with Crippen molar-refractivity contribution in [3.63, 3.8) is 0 Å². The third kappa shape index (κ3) is 3.45. The van der Waals surface area contributed by atoms with Gasteiger partial charge in [-0.3, -0.25) is 0 Å². The first-order valence-electron chi connectivity index (χ1n) is 7.17. The van der Waals surface area contributed by atoms with E-state index in [9.17, 15) is 14.7 Å². The smallest absolute Gasteiger partial charge is 0.326 e. The van der Waals surface area contributed by atoms with Crippen molar-refractivity contribution in [3.05, 3.63) is 24.3 Å². The number of benzene rings is 1. The van der Waals surface area contributed by atoms with E-state index in [-0.39, 0.29) is 0 Å². The number of carboxylic acids is 1. The van der Waals surface area contributed by atoms with E-state index in [2.05, 4.69) is 5.32 Å². The molecule has 1 aromatic rings. The van der Waals surface area contributed by atoms with E-state index in [1.54, 1.807) is 24.3 Å². The lowest BCUT2D eigenvalue weighted by molar-refractivity contribution is -0.143. The molecule has 2 unspecified atom stereocenters. The standard InChI is InChI=1S/C15H21N3O3/c1-2-10-7-8-18(13(9-10)14(19)20)15(21)17-12-6-4-3-5-11(12)16/h3-6,10,13H,2,7-9,16H2,1H3,(H,17,21)(H,19,20). The molecular weight excluding hydrogens is 270 g/mol. The van der Waals surface area contributed by atoms with Crippen molar-refractivity contribution in [1.29, 1.82) is 0 Å². The molecule has 1 heterocycles. The quantitative estimate of drug-likeness (QED) is 0.745. The SMILES string of the molecule is CCC1CCN(C(=O)Nc2ccccc2N)C(C(=O)O)C1. The number of nitrogen functional groups attached to an aromatic ring is 1. The highest BCUT2D eigenvalue weighted by Crippen LogP contribution is 2.27. The molecule has 0 saturated carbocycles. The molecule has 0 aromatic heterocycles. The van der Waals surface area contributed by atoms with Gasteiger partial charge >= 0.3 is 12.0 Å². The summed E-state index contributed by atoms with van der Waals surface area (Å²) in [4.78, 5) is 25.1. The first kappa shape index (κ1) is 15.2. The van der Waals surface area contributed by atoms with Gasteiger partial charge in [0.05, 0.1) is 11.4 Å². The Kier molecular flexibility index (Phi) is 4.67. The number of para-hydroxylation sites is 2. The Morgan fingerprint density at radius 2 is 2.14 bits per heavy atom. The third-order valence-corrected chi connectivity index (χ3v) is 4.04. The number of carbonyl (C=O) groups excluding carboxylic acids is 1. The van der Waals surface area contributed by atoms with Crippen LogP contribution >= 0.6 is 0 Å². The zero-order valence-corrected chi connectivity index (χ0v) is 12.1. The number of amides is 2. The molecule has 0 radical (unpaired) electrons. The Bertz CT molecular complexity index is 533. The number of hydrogen-bond donors (Lipinski definition) is 3. The maximum absolute atomic E-state index is 12.3. The van der Waals surface area contributed by atoms with Crippen molar-refractivity contribution < 1.29 is 14.7 Å². The first-order chi connectivity index (χ1) is 10.0. The molecule has 1 fully saturated rings. The number of anilines is 2. The van der Waals surface area contributed by atoms with Gasteiger partial charge in [-0.1, -0.05) is 25.5 Å². The summed E-state index contributed by atoms with van der Waals surface area (Å²) in [5.41, 5.74) is 6.75. The number of nitrogens with two attached hydrogens (primary N) is 1. The molecule has 1 aromatic carbocycles. The van der Waals surface area contributed by atoms with Crippen LogP contribution in [-0.4, -0.2) is 34.6 Å². The molecule has 2 amide bonds. The molecule has 114 valence electrons. The van der Waals surface area contributed by atoms with Gasteiger partial charge in [0.1, 0.15) is 6.04 Å². The predicted octanol–water partition coefficient (Wildman–Crippen LogP) is 2.38. The molecule has 1 aliphatic heterocycles. The molecule has 4 N–H and O–H groups in total. The number of rotatable bonds is 3. The van der Waals surface area contributed by atoms with Gasteiger partial charge in [0, 0.05) is 6.54 Å². The van der Waals surface area contributed by atoms with Crippen LogP contribution in [0.1, 0.15) is 26.2 Å². The van der Waals surface area contributed by atoms with Gasteiger partial charge in [-0.05, 0) is 30.9 Å². The number of nitrogens with one attached hydrogen (secondary N) is 1. The first-order valence-corrected chi connectivity index (χ1v) is 7.17. The van der Waals surface area contributed by atoms with E-state index in [4.69, 9.17) is 5.73 Å². The maximum atomic E-state index is 12.3. The molecule has 0 spiro atoms. The number of piperidine rings is 1. The summed E-state index contributed by atoms with van der Waals surface area (Å²) < 4.78 is 0. The summed E-state index contributed by atoms with van der Waals surface area (Å²) in [6.07, 6.45) is 2.27. The average Bonchev–Trinajstić information content (AvgIpc) is 2.48. The number of urea groups is 1. The topological polar surface area (TPSA) is 95.7 Å². The Labute approximate surface area is 123 Å². The zero-order chi connectivity index (χ0) is 15.4. The maximum Gasteiger partial charge on any atom is 0.326 e. The van der Waals surface area contributed by atoms with Crippen molar-refractivity contribution in [3.8, 4) is 0 Å². The summed E-state index contributed by atoms with van der Waals surface area (Å²) in [7, 11) is 0. The van der Waals surface area contributed by atoms with Gasteiger partial charge in [-0.2, -0.15) is 0 Å². The molecule has 0 bridgehead atoms. The molecule has 1 aliphatic rings. The third-order valence-electron chi connectivity index (χ3n) is 4.04. The Balaban J connectivity index is 2.10. The van der Waals surface area contributed by atoms with Crippen molar-refractivity contribution in [1.82, 2.24) is 4.90 Å². The predicted molar refractivity (Wildman–Crippen MR) is 81.0 cm³/mol. The van der Waals surface area contributed by atoms with Crippen LogP contribution < -0.4 is 11.1 Å². The van der Waals surface area contributed by atoms with Gasteiger partial charge < -0.3 is 21.1 Å². The molecular formula is C15H21N3O3. The van der Waals surface area contributed by atoms with Crippen LogP contribution in [0.4, 0.5) is 16.2 Å². The Hall–Kier alpha value is -2.24. The second kappa shape index (κ2) is 6.47. The number of carboxylic acid groups (broad SMARTS) is 1. The van der Waals surface area contributed by atoms with Crippen LogP contribution in [0.2, 0.25) is 0 Å². The largest absolute Gasteiger partial charge is 0.480 e. The van der Waals surface area contributed by atoms with Crippen LogP contribution in [0.5, 0.6) is 0 Å². The van der Waals surface area contributed by atoms with E-state index in [0.29, 0.717) is 30.3 Å². The van der Waals surface area contributed by atoms with Gasteiger partial charge in [0.2, 0.25) is 0 Å². The molecule has 6 heteroatoms. The minimum atomic E-state index is -0.954. The minimum Gasteiger partial charge on any atom is -0.480 e. The van der Waals surface area contributed by atoms with Gasteiger partial charge in [-0.15, -0.1) is 0 Å². The number of hydrogen-bond acceptors (Lipinski definition) is 3. The molecule has 2 atom stereocenters. The lowest BCUT2D eigenvalue weighted by Gasteiger charge is -2.36. The second-order valence-electron chi connectivity index (χ2n) is 5.36. The van der Waals surface area contributed by atoms with Crippen LogP contribution in [0, 0.1) is 5.92 Å². The number of likely N-dealkylation sites (tertiary alicyclic amines) is 1. The molecule has 21 heavy (non-hydrogen) atoms. The molecule has 2 rings (SSSR count). The molecule has 6 nitrogen and oxygen atoms in total. The Morgan fingerprint density at radius 3 is 2.76 bits per heavy atom. The van der Waals surface area contributed by atoms with Crippen molar-refractivity contribution in [2.24, 2.45) is 5.92 Å². The van der Waals surface area contributed by atoms with Crippen LogP contribution in [0.15, 0.2) is 24.3 Å². The summed E-state index contributed by atoms with van der Waals surface area (Å²) >= 11 is 0. The number of aliphatic carboxylic acids is 1. The van der Waals surface area contributed by atoms with E-state index in [1.165, 1.54) is 4.90 Å². The zero-order valence-electron chi connectivity index (χ0n) is 12.1. The minimum absolute atomic E-state index is 0.358. The molecule has 0 aliphatic carbocycles. The van der Waals surface area contributed by atoms with Crippen LogP contribution in [0.25, 0.3) is 0 Å². The summed E-state index contributed by atoms with van der Waals surface area (Å²) in [6, 6.07) is 5.75. The van der Waals surface area contributed by atoms with E-state index >= 15 is 0 Å². The van der Waals surface area contributed by atoms with Crippen molar-refractivity contribution in [2.45, 2.75) is 32.2 Å². The Morgan fingerprint density at radius 1 is 1.43 bits per heavy atom. The summed E-state index contributed by atoms with van der Waals surface area (Å²) in [6.45, 7) is 2.50. The van der Waals surface area contributed by atoms with E-state index in [0.717, 1.165) is 12.8 Å². The second-order valence-corrected chi connectivity index (χ2v) is 5.36. The van der Waals surface area contributed by atoms with Gasteiger partial charge in [-0.25, -0.2) is 9.59 Å². The average molecular weight is 291 g/mol. The summed E-state index contributed by atoms with van der Waals surface area (Å²) in [5.74, 6) is -0.596. The van der Waals surface area contributed by atoms with Crippen LogP contribution in [0.3, 0.4) is 0 Å². The van der Waals surface area contributed by atoms with Gasteiger partial charge in [0.25, 0.3) is 0 Å². The molecule has 1 saturated heterocycles. The highest BCUT2D eigenvalue weighted by Gasteiger charge is 2.35. The van der Waals surface area contributed by atoms with Crippen LogP contribution in [-0.2, 0) is 4.79 Å². The van der Waals surface area contributed by atoms with Crippen molar-refractivity contribution >= 4 is 23.4 Å². The number of carbonyl (C=O) groups is 2. The van der Waals surface area contributed by atoms with E-state index in [1.807, 2.05) is 6.92 Å². The normalized spacial score (nSPS) is 21.9. The van der Waals surface area contributed by atoms with Gasteiger partial charge in [0.15, 0.2) is 0 Å². The highest BCUT2D eigenvalue weighted by atomic mass is 16.4. The monoisotopic (exact) mass is 291 g/mol.